The third-order valence-electron chi connectivity index (χ3n) is 8.98. The SMILES string of the molecule is c1ccc(-c2cnc3c(c2)nc(-c2cc(-c4ccc5ccccc5c4)cc(-c4ccc5ccccc5c4)c2)n3-c2ccccc2)cc1. The van der Waals surface area contributed by atoms with Gasteiger partial charge in [0.25, 0.3) is 0 Å². The van der Waals surface area contributed by atoms with E-state index in [-0.39, 0.29) is 0 Å². The van der Waals surface area contributed by atoms with Gasteiger partial charge in [0.2, 0.25) is 0 Å². The fourth-order valence-corrected chi connectivity index (χ4v) is 6.60. The van der Waals surface area contributed by atoms with Crippen LogP contribution in [-0.2, 0) is 0 Å². The van der Waals surface area contributed by atoms with E-state index in [0.29, 0.717) is 0 Å². The molecule has 0 unspecified atom stereocenters. The largest absolute Gasteiger partial charge is 0.277 e. The van der Waals surface area contributed by atoms with E-state index >= 15 is 0 Å². The Balaban J connectivity index is 1.30. The first kappa shape index (κ1) is 27.0. The van der Waals surface area contributed by atoms with Gasteiger partial charge < -0.3 is 0 Å². The summed E-state index contributed by atoms with van der Waals surface area (Å²) in [4.78, 5) is 10.3. The maximum absolute atomic E-state index is 5.32. The molecule has 9 aromatic rings. The molecule has 0 bridgehead atoms. The van der Waals surface area contributed by atoms with Gasteiger partial charge in [-0.25, -0.2) is 9.97 Å². The number of fused-ring (bicyclic) bond motifs is 3. The zero-order valence-corrected chi connectivity index (χ0v) is 25.6. The van der Waals surface area contributed by atoms with E-state index in [0.717, 1.165) is 50.5 Å². The standard InChI is InChI=1S/C44H29N3/c1-3-11-30(12-4-1)40-28-42-44(45-29-40)47(41-17-5-2-6-18-41)43(46-42)39-26-37(35-21-19-31-13-7-9-15-33(31)23-35)25-38(27-39)36-22-20-32-14-8-10-16-34(32)24-36/h1-29H. The van der Waals surface area contributed by atoms with E-state index in [1.807, 2.05) is 18.3 Å². The predicted octanol–water partition coefficient (Wildman–Crippen LogP) is 11.4. The van der Waals surface area contributed by atoms with E-state index in [2.05, 4.69) is 162 Å². The number of para-hydroxylation sites is 1. The number of rotatable bonds is 5. The van der Waals surface area contributed by atoms with Gasteiger partial charge in [0, 0.05) is 23.0 Å². The minimum atomic E-state index is 0.828. The highest BCUT2D eigenvalue weighted by atomic mass is 15.1. The summed E-state index contributed by atoms with van der Waals surface area (Å²) in [6, 6.07) is 60.3. The summed E-state index contributed by atoms with van der Waals surface area (Å²) in [5.74, 6) is 0.855. The minimum absolute atomic E-state index is 0.828. The quantitative estimate of drug-likeness (QED) is 0.197. The van der Waals surface area contributed by atoms with Crippen LogP contribution in [0.15, 0.2) is 176 Å². The van der Waals surface area contributed by atoms with Crippen molar-refractivity contribution in [2.24, 2.45) is 0 Å². The van der Waals surface area contributed by atoms with E-state index in [1.54, 1.807) is 0 Å². The average Bonchev–Trinajstić information content (AvgIpc) is 3.54. The van der Waals surface area contributed by atoms with Gasteiger partial charge in [0.15, 0.2) is 5.65 Å². The van der Waals surface area contributed by atoms with Crippen molar-refractivity contribution in [3.05, 3.63) is 176 Å². The Morgan fingerprint density at radius 1 is 0.362 bits per heavy atom. The maximum Gasteiger partial charge on any atom is 0.164 e. The number of aromatic nitrogens is 3. The molecular weight excluding hydrogens is 571 g/mol. The van der Waals surface area contributed by atoms with E-state index in [1.165, 1.54) is 32.7 Å². The van der Waals surface area contributed by atoms with Crippen LogP contribution in [0, 0.1) is 0 Å². The molecule has 0 fully saturated rings. The van der Waals surface area contributed by atoms with E-state index in [9.17, 15) is 0 Å². The second-order valence-corrected chi connectivity index (χ2v) is 12.0. The van der Waals surface area contributed by atoms with Gasteiger partial charge in [-0.05, 0) is 97.9 Å². The van der Waals surface area contributed by atoms with Gasteiger partial charge in [0.1, 0.15) is 11.3 Å². The monoisotopic (exact) mass is 599 g/mol. The van der Waals surface area contributed by atoms with Crippen molar-refractivity contribution in [3.63, 3.8) is 0 Å². The Hall–Kier alpha value is -6.32. The van der Waals surface area contributed by atoms with Gasteiger partial charge in [-0.15, -0.1) is 0 Å². The number of hydrogen-bond donors (Lipinski definition) is 0. The number of imidazole rings is 1. The molecule has 0 atom stereocenters. The Kier molecular flexibility index (Phi) is 6.46. The second-order valence-electron chi connectivity index (χ2n) is 12.0. The van der Waals surface area contributed by atoms with E-state index < -0.39 is 0 Å². The zero-order valence-electron chi connectivity index (χ0n) is 25.6. The fourth-order valence-electron chi connectivity index (χ4n) is 6.60. The second kappa shape index (κ2) is 11.2. The first-order valence-electron chi connectivity index (χ1n) is 15.9. The van der Waals surface area contributed by atoms with Gasteiger partial charge in [-0.3, -0.25) is 4.57 Å². The topological polar surface area (TPSA) is 30.7 Å². The molecule has 7 aromatic carbocycles. The maximum atomic E-state index is 5.32. The average molecular weight is 600 g/mol. The normalized spacial score (nSPS) is 11.4. The molecule has 0 radical (unpaired) electrons. The summed E-state index contributed by atoms with van der Waals surface area (Å²) in [5, 5.41) is 4.90. The molecule has 0 amide bonds. The molecule has 220 valence electrons. The Bertz CT molecular complexity index is 2470. The van der Waals surface area contributed by atoms with Crippen molar-refractivity contribution in [1.29, 1.82) is 0 Å². The lowest BCUT2D eigenvalue weighted by molar-refractivity contribution is 1.08. The van der Waals surface area contributed by atoms with Crippen molar-refractivity contribution in [2.75, 3.05) is 0 Å². The van der Waals surface area contributed by atoms with Crippen LogP contribution in [-0.4, -0.2) is 14.5 Å². The van der Waals surface area contributed by atoms with Crippen molar-refractivity contribution in [3.8, 4) is 50.5 Å². The first-order chi connectivity index (χ1) is 23.3. The molecular formula is C44H29N3. The molecule has 0 aliphatic carbocycles. The summed E-state index contributed by atoms with van der Waals surface area (Å²) in [6.45, 7) is 0. The highest BCUT2D eigenvalue weighted by molar-refractivity contribution is 5.92. The van der Waals surface area contributed by atoms with Crippen LogP contribution in [0.1, 0.15) is 0 Å². The molecule has 0 saturated carbocycles. The van der Waals surface area contributed by atoms with Gasteiger partial charge in [-0.1, -0.05) is 121 Å². The summed E-state index contributed by atoms with van der Waals surface area (Å²) in [5.41, 5.74) is 10.5. The highest BCUT2D eigenvalue weighted by Crippen LogP contribution is 2.37. The molecule has 2 aromatic heterocycles. The molecule has 47 heavy (non-hydrogen) atoms. The third kappa shape index (κ3) is 4.95. The van der Waals surface area contributed by atoms with Crippen LogP contribution < -0.4 is 0 Å². The summed E-state index contributed by atoms with van der Waals surface area (Å²) >= 11 is 0. The number of pyridine rings is 1. The smallest absolute Gasteiger partial charge is 0.164 e. The van der Waals surface area contributed by atoms with Crippen molar-refractivity contribution in [2.45, 2.75) is 0 Å². The summed E-state index contributed by atoms with van der Waals surface area (Å²) < 4.78 is 2.19. The summed E-state index contributed by atoms with van der Waals surface area (Å²) in [7, 11) is 0. The van der Waals surface area contributed by atoms with Gasteiger partial charge in [0.05, 0.1) is 0 Å². The molecule has 0 saturated heterocycles. The van der Waals surface area contributed by atoms with Crippen LogP contribution >= 0.6 is 0 Å². The van der Waals surface area contributed by atoms with Crippen molar-refractivity contribution in [1.82, 2.24) is 14.5 Å². The Morgan fingerprint density at radius 3 is 1.51 bits per heavy atom. The van der Waals surface area contributed by atoms with Gasteiger partial charge >= 0.3 is 0 Å². The molecule has 0 aliphatic rings. The minimum Gasteiger partial charge on any atom is -0.277 e. The fraction of sp³-hybridized carbons (Fsp3) is 0. The first-order valence-corrected chi connectivity index (χ1v) is 15.9. The molecule has 3 heteroatoms. The Labute approximate surface area is 273 Å². The van der Waals surface area contributed by atoms with E-state index in [4.69, 9.17) is 9.97 Å². The highest BCUT2D eigenvalue weighted by Gasteiger charge is 2.18. The molecule has 0 aliphatic heterocycles. The molecule has 0 N–H and O–H groups in total. The number of benzene rings is 7. The van der Waals surface area contributed by atoms with Crippen LogP contribution in [0.2, 0.25) is 0 Å². The van der Waals surface area contributed by atoms with Crippen LogP contribution in [0.4, 0.5) is 0 Å². The molecule has 2 heterocycles. The van der Waals surface area contributed by atoms with Crippen LogP contribution in [0.5, 0.6) is 0 Å². The Morgan fingerprint density at radius 2 is 0.894 bits per heavy atom. The third-order valence-corrected chi connectivity index (χ3v) is 8.98. The molecule has 0 spiro atoms. The number of hydrogen-bond acceptors (Lipinski definition) is 2. The van der Waals surface area contributed by atoms with Crippen LogP contribution in [0.3, 0.4) is 0 Å². The van der Waals surface area contributed by atoms with Crippen LogP contribution in [0.25, 0.3) is 83.2 Å². The predicted molar refractivity (Wildman–Crippen MR) is 196 cm³/mol. The lowest BCUT2D eigenvalue weighted by Gasteiger charge is -2.14. The van der Waals surface area contributed by atoms with Crippen molar-refractivity contribution < 1.29 is 0 Å². The molecule has 9 rings (SSSR count). The number of nitrogens with zero attached hydrogens (tertiary/aromatic N) is 3. The lowest BCUT2D eigenvalue weighted by Crippen LogP contribution is -1.99. The zero-order chi connectivity index (χ0) is 31.2. The lowest BCUT2D eigenvalue weighted by atomic mass is 9.93. The van der Waals surface area contributed by atoms with Gasteiger partial charge in [-0.2, -0.15) is 0 Å². The van der Waals surface area contributed by atoms with Crippen molar-refractivity contribution >= 4 is 32.7 Å². The summed E-state index contributed by atoms with van der Waals surface area (Å²) in [6.07, 6.45) is 1.95. The molecule has 3 nitrogen and oxygen atoms in total.